The molecule has 25 heavy (non-hydrogen) atoms. The summed E-state index contributed by atoms with van der Waals surface area (Å²) in [5, 5.41) is 11.8. The monoisotopic (exact) mass is 356 g/mol. The van der Waals surface area contributed by atoms with Gasteiger partial charge in [-0.1, -0.05) is 30.0 Å². The van der Waals surface area contributed by atoms with Crippen LogP contribution in [-0.4, -0.2) is 25.9 Å². The highest BCUT2D eigenvalue weighted by atomic mass is 32.2. The number of para-hydroxylation sites is 1. The SMILES string of the molecule is Cc1ccccc1NC(=O)C(C)Sc1nnc(-c2ccoc2C)n1C. The second kappa shape index (κ2) is 7.14. The van der Waals surface area contributed by atoms with Crippen LogP contribution in [0.15, 0.2) is 46.2 Å². The minimum absolute atomic E-state index is 0.0664. The number of aryl methyl sites for hydroxylation is 2. The lowest BCUT2D eigenvalue weighted by Crippen LogP contribution is -2.23. The molecule has 2 aromatic heterocycles. The highest BCUT2D eigenvalue weighted by Gasteiger charge is 2.20. The molecule has 130 valence electrons. The molecule has 1 aromatic carbocycles. The third-order valence-electron chi connectivity index (χ3n) is 3.99. The number of aromatic nitrogens is 3. The average molecular weight is 356 g/mol. The number of benzene rings is 1. The number of nitrogens with zero attached hydrogens (tertiary/aromatic N) is 3. The van der Waals surface area contributed by atoms with Crippen LogP contribution in [0, 0.1) is 13.8 Å². The lowest BCUT2D eigenvalue weighted by molar-refractivity contribution is -0.115. The van der Waals surface area contributed by atoms with Gasteiger partial charge in [-0.3, -0.25) is 4.79 Å². The number of anilines is 1. The highest BCUT2D eigenvalue weighted by molar-refractivity contribution is 8.00. The van der Waals surface area contributed by atoms with Gasteiger partial charge >= 0.3 is 0 Å². The fourth-order valence-corrected chi connectivity index (χ4v) is 3.24. The molecular formula is C18H20N4O2S. The number of amides is 1. The van der Waals surface area contributed by atoms with E-state index in [0.29, 0.717) is 5.16 Å². The van der Waals surface area contributed by atoms with Crippen LogP contribution in [0.2, 0.25) is 0 Å². The number of furan rings is 1. The van der Waals surface area contributed by atoms with Crippen molar-refractivity contribution in [1.29, 1.82) is 0 Å². The summed E-state index contributed by atoms with van der Waals surface area (Å²) in [5.41, 5.74) is 2.76. The Hall–Kier alpha value is -2.54. The molecule has 3 aromatic rings. The topological polar surface area (TPSA) is 73.0 Å². The van der Waals surface area contributed by atoms with E-state index in [0.717, 1.165) is 28.4 Å². The summed E-state index contributed by atoms with van der Waals surface area (Å²) in [4.78, 5) is 12.5. The zero-order valence-corrected chi connectivity index (χ0v) is 15.4. The van der Waals surface area contributed by atoms with E-state index in [1.165, 1.54) is 11.8 Å². The number of hydrogen-bond donors (Lipinski definition) is 1. The predicted octanol–water partition coefficient (Wildman–Crippen LogP) is 3.81. The molecule has 0 spiro atoms. The van der Waals surface area contributed by atoms with Crippen LogP contribution in [0.3, 0.4) is 0 Å². The minimum atomic E-state index is -0.305. The molecule has 0 saturated heterocycles. The number of thioether (sulfide) groups is 1. The van der Waals surface area contributed by atoms with Gasteiger partial charge in [0.25, 0.3) is 0 Å². The molecule has 2 heterocycles. The van der Waals surface area contributed by atoms with Crippen molar-refractivity contribution in [3.8, 4) is 11.4 Å². The van der Waals surface area contributed by atoms with Gasteiger partial charge in [0.15, 0.2) is 11.0 Å². The van der Waals surface area contributed by atoms with Crippen LogP contribution in [0.25, 0.3) is 11.4 Å². The van der Waals surface area contributed by atoms with Crippen LogP contribution in [-0.2, 0) is 11.8 Å². The van der Waals surface area contributed by atoms with Gasteiger partial charge in [0, 0.05) is 12.7 Å². The maximum atomic E-state index is 12.5. The number of rotatable bonds is 5. The van der Waals surface area contributed by atoms with E-state index in [2.05, 4.69) is 15.5 Å². The first kappa shape index (κ1) is 17.3. The van der Waals surface area contributed by atoms with Gasteiger partial charge in [0.05, 0.1) is 17.1 Å². The minimum Gasteiger partial charge on any atom is -0.469 e. The third-order valence-corrected chi connectivity index (χ3v) is 5.12. The third kappa shape index (κ3) is 3.61. The lowest BCUT2D eigenvalue weighted by atomic mass is 10.2. The van der Waals surface area contributed by atoms with Crippen LogP contribution >= 0.6 is 11.8 Å². The Kier molecular flexibility index (Phi) is 4.94. The maximum Gasteiger partial charge on any atom is 0.237 e. The van der Waals surface area contributed by atoms with Crippen molar-refractivity contribution in [1.82, 2.24) is 14.8 Å². The van der Waals surface area contributed by atoms with Gasteiger partial charge in [0.1, 0.15) is 5.76 Å². The van der Waals surface area contributed by atoms with Crippen molar-refractivity contribution in [2.75, 3.05) is 5.32 Å². The van der Waals surface area contributed by atoms with E-state index in [1.54, 1.807) is 6.26 Å². The van der Waals surface area contributed by atoms with Gasteiger partial charge in [-0.25, -0.2) is 0 Å². The summed E-state index contributed by atoms with van der Waals surface area (Å²) in [6.45, 7) is 5.71. The van der Waals surface area contributed by atoms with Crippen molar-refractivity contribution in [2.24, 2.45) is 7.05 Å². The molecule has 0 fully saturated rings. The quantitative estimate of drug-likeness (QED) is 0.704. The number of carbonyl (C=O) groups is 1. The molecule has 0 saturated carbocycles. The Bertz CT molecular complexity index is 900. The standard InChI is InChI=1S/C18H20N4O2S/c1-11-7-5-6-8-15(11)19-17(23)13(3)25-18-21-20-16(22(18)4)14-9-10-24-12(14)2/h5-10,13H,1-4H3,(H,19,23). The van der Waals surface area contributed by atoms with Crippen LogP contribution in [0.4, 0.5) is 5.69 Å². The molecule has 1 atom stereocenters. The molecule has 0 bridgehead atoms. The van der Waals surface area contributed by atoms with Gasteiger partial charge in [0.2, 0.25) is 5.91 Å². The molecule has 7 heteroatoms. The summed E-state index contributed by atoms with van der Waals surface area (Å²) < 4.78 is 7.20. The summed E-state index contributed by atoms with van der Waals surface area (Å²) >= 11 is 1.37. The van der Waals surface area contributed by atoms with E-state index in [-0.39, 0.29) is 11.2 Å². The predicted molar refractivity (Wildman–Crippen MR) is 98.6 cm³/mol. The van der Waals surface area contributed by atoms with Crippen molar-refractivity contribution in [2.45, 2.75) is 31.2 Å². The molecule has 6 nitrogen and oxygen atoms in total. The number of nitrogens with one attached hydrogen (secondary N) is 1. The van der Waals surface area contributed by atoms with Gasteiger partial charge in [-0.15, -0.1) is 10.2 Å². The summed E-state index contributed by atoms with van der Waals surface area (Å²) in [7, 11) is 1.88. The summed E-state index contributed by atoms with van der Waals surface area (Å²) in [6, 6.07) is 9.58. The van der Waals surface area contributed by atoms with Gasteiger partial charge in [-0.05, 0) is 38.5 Å². The molecule has 3 rings (SSSR count). The molecule has 0 aliphatic carbocycles. The second-order valence-electron chi connectivity index (χ2n) is 5.82. The molecule has 0 aliphatic heterocycles. The van der Waals surface area contributed by atoms with Crippen molar-refractivity contribution in [3.63, 3.8) is 0 Å². The second-order valence-corrected chi connectivity index (χ2v) is 7.13. The zero-order chi connectivity index (χ0) is 18.0. The van der Waals surface area contributed by atoms with E-state index < -0.39 is 0 Å². The highest BCUT2D eigenvalue weighted by Crippen LogP contribution is 2.28. The Morgan fingerprint density at radius 2 is 2.00 bits per heavy atom. The Morgan fingerprint density at radius 1 is 1.24 bits per heavy atom. The normalized spacial score (nSPS) is 12.2. The van der Waals surface area contributed by atoms with E-state index in [4.69, 9.17) is 4.42 Å². The lowest BCUT2D eigenvalue weighted by Gasteiger charge is -2.13. The average Bonchev–Trinajstić information content (AvgIpc) is 3.16. The van der Waals surface area contributed by atoms with Crippen molar-refractivity contribution in [3.05, 3.63) is 47.9 Å². The fourth-order valence-electron chi connectivity index (χ4n) is 2.43. The Balaban J connectivity index is 1.72. The fraction of sp³-hybridized carbons (Fsp3) is 0.278. The number of hydrogen-bond acceptors (Lipinski definition) is 5. The molecule has 1 unspecified atom stereocenters. The van der Waals surface area contributed by atoms with Crippen LogP contribution in [0.5, 0.6) is 0 Å². The summed E-state index contributed by atoms with van der Waals surface area (Å²) in [6.07, 6.45) is 1.63. The van der Waals surface area contributed by atoms with Crippen molar-refractivity contribution < 1.29 is 9.21 Å². The largest absolute Gasteiger partial charge is 0.469 e. The van der Waals surface area contributed by atoms with Crippen molar-refractivity contribution >= 4 is 23.4 Å². The zero-order valence-electron chi connectivity index (χ0n) is 14.6. The Morgan fingerprint density at radius 3 is 2.68 bits per heavy atom. The van der Waals surface area contributed by atoms with Gasteiger partial charge in [-0.2, -0.15) is 0 Å². The Labute approximate surface area is 150 Å². The smallest absolute Gasteiger partial charge is 0.237 e. The number of carbonyl (C=O) groups excluding carboxylic acids is 1. The maximum absolute atomic E-state index is 12.5. The molecular weight excluding hydrogens is 336 g/mol. The van der Waals surface area contributed by atoms with Gasteiger partial charge < -0.3 is 14.3 Å². The first-order valence-electron chi connectivity index (χ1n) is 7.94. The molecule has 0 aliphatic rings. The first-order chi connectivity index (χ1) is 12.0. The summed E-state index contributed by atoms with van der Waals surface area (Å²) in [5.74, 6) is 1.45. The molecule has 0 radical (unpaired) electrons. The van der Waals surface area contributed by atoms with Crippen LogP contribution < -0.4 is 5.32 Å². The van der Waals surface area contributed by atoms with E-state index in [9.17, 15) is 4.79 Å². The van der Waals surface area contributed by atoms with Crippen LogP contribution in [0.1, 0.15) is 18.2 Å². The first-order valence-corrected chi connectivity index (χ1v) is 8.82. The van der Waals surface area contributed by atoms with E-state index >= 15 is 0 Å². The van der Waals surface area contributed by atoms with E-state index in [1.807, 2.05) is 62.7 Å². The molecule has 1 amide bonds. The molecule has 1 N–H and O–H groups in total.